The SMILES string of the molecule is Cc1cc(-c2cnc3[nH]cc(-c4ccc(C(=O)N(C)C)cc4F)c3c2)cc(C)c1N1CCN(C2CCN(C)CC2)CC1. The number of piperazine rings is 1. The molecule has 2 saturated heterocycles. The van der Waals surface area contributed by atoms with E-state index in [0.717, 1.165) is 54.3 Å². The fourth-order valence-corrected chi connectivity index (χ4v) is 6.80. The number of benzene rings is 2. The number of hydrogen-bond acceptors (Lipinski definition) is 5. The van der Waals surface area contributed by atoms with Crippen molar-refractivity contribution >= 4 is 22.6 Å². The van der Waals surface area contributed by atoms with E-state index < -0.39 is 5.82 Å². The molecular weight excluding hydrogens is 527 g/mol. The molecule has 1 N–H and O–H groups in total. The number of hydrogen-bond donors (Lipinski definition) is 1. The van der Waals surface area contributed by atoms with Crippen molar-refractivity contribution in [3.8, 4) is 22.3 Å². The third-order valence-corrected chi connectivity index (χ3v) is 9.10. The largest absolute Gasteiger partial charge is 0.369 e. The summed E-state index contributed by atoms with van der Waals surface area (Å²) >= 11 is 0. The quantitative estimate of drug-likeness (QED) is 0.341. The van der Waals surface area contributed by atoms with Crippen molar-refractivity contribution in [2.24, 2.45) is 0 Å². The number of aromatic nitrogens is 2. The Labute approximate surface area is 247 Å². The number of nitrogens with one attached hydrogen (secondary N) is 1. The molecule has 0 saturated carbocycles. The first kappa shape index (κ1) is 28.4. The number of pyridine rings is 1. The second-order valence-electron chi connectivity index (χ2n) is 12.2. The molecule has 1 amide bonds. The number of H-pyrrole nitrogens is 1. The summed E-state index contributed by atoms with van der Waals surface area (Å²) in [5.41, 5.74) is 8.17. The Balaban J connectivity index is 1.24. The van der Waals surface area contributed by atoms with Crippen LogP contribution in [0.25, 0.3) is 33.3 Å². The second kappa shape index (κ2) is 11.5. The molecule has 4 heterocycles. The van der Waals surface area contributed by atoms with E-state index in [2.05, 4.69) is 63.8 Å². The van der Waals surface area contributed by atoms with Crippen LogP contribution in [0.1, 0.15) is 34.3 Å². The van der Waals surface area contributed by atoms with Gasteiger partial charge in [-0.25, -0.2) is 9.37 Å². The van der Waals surface area contributed by atoms with Gasteiger partial charge in [0.05, 0.1) is 0 Å². The number of nitrogens with zero attached hydrogens (tertiary/aromatic N) is 5. The van der Waals surface area contributed by atoms with Crippen LogP contribution in [0, 0.1) is 19.7 Å². The number of fused-ring (bicyclic) bond motifs is 1. The normalized spacial score (nSPS) is 17.2. The van der Waals surface area contributed by atoms with Crippen molar-refractivity contribution in [3.63, 3.8) is 0 Å². The predicted octanol–water partition coefficient (Wildman–Crippen LogP) is 5.57. The number of aromatic amines is 1. The summed E-state index contributed by atoms with van der Waals surface area (Å²) in [6, 6.07) is 12.0. The third kappa shape index (κ3) is 5.41. The fourth-order valence-electron chi connectivity index (χ4n) is 6.80. The number of carbonyl (C=O) groups excluding carboxylic acids is 1. The monoisotopic (exact) mass is 568 g/mol. The first-order valence-electron chi connectivity index (χ1n) is 15.0. The van der Waals surface area contributed by atoms with Crippen LogP contribution in [0.15, 0.2) is 48.8 Å². The van der Waals surface area contributed by atoms with E-state index in [-0.39, 0.29) is 5.91 Å². The molecule has 0 aliphatic carbocycles. The van der Waals surface area contributed by atoms with Crippen molar-refractivity contribution in [1.29, 1.82) is 0 Å². The van der Waals surface area contributed by atoms with Crippen LogP contribution in [-0.2, 0) is 0 Å². The van der Waals surface area contributed by atoms with Gasteiger partial charge in [0.25, 0.3) is 5.91 Å². The van der Waals surface area contributed by atoms with E-state index in [0.29, 0.717) is 16.8 Å². The summed E-state index contributed by atoms with van der Waals surface area (Å²) in [5.74, 6) is -0.655. The van der Waals surface area contributed by atoms with Gasteiger partial charge >= 0.3 is 0 Å². The Hall–Kier alpha value is -3.75. The number of aryl methyl sites for hydroxylation is 2. The molecular formula is C34H41FN6O. The van der Waals surface area contributed by atoms with Gasteiger partial charge in [-0.15, -0.1) is 0 Å². The van der Waals surface area contributed by atoms with Crippen molar-refractivity contribution < 1.29 is 9.18 Å². The lowest BCUT2D eigenvalue weighted by Gasteiger charge is -2.43. The van der Waals surface area contributed by atoms with Gasteiger partial charge in [0, 0.05) is 92.0 Å². The third-order valence-electron chi connectivity index (χ3n) is 9.10. The van der Waals surface area contributed by atoms with E-state index in [9.17, 15) is 4.79 Å². The molecule has 2 aliphatic rings. The highest BCUT2D eigenvalue weighted by Gasteiger charge is 2.27. The highest BCUT2D eigenvalue weighted by molar-refractivity contribution is 5.98. The Morgan fingerprint density at radius 1 is 0.929 bits per heavy atom. The number of anilines is 1. The van der Waals surface area contributed by atoms with Crippen molar-refractivity contribution in [1.82, 2.24) is 24.7 Å². The topological polar surface area (TPSA) is 58.7 Å². The summed E-state index contributed by atoms with van der Waals surface area (Å²) in [6.07, 6.45) is 6.22. The first-order chi connectivity index (χ1) is 20.2. The van der Waals surface area contributed by atoms with E-state index in [1.54, 1.807) is 32.4 Å². The van der Waals surface area contributed by atoms with Gasteiger partial charge in [0.1, 0.15) is 11.5 Å². The maximum absolute atomic E-state index is 15.2. The van der Waals surface area contributed by atoms with Crippen LogP contribution in [0.2, 0.25) is 0 Å². The molecule has 0 unspecified atom stereocenters. The molecule has 2 aromatic heterocycles. The lowest BCUT2D eigenvalue weighted by molar-refractivity contribution is 0.0827. The smallest absolute Gasteiger partial charge is 0.253 e. The second-order valence-corrected chi connectivity index (χ2v) is 12.2. The highest BCUT2D eigenvalue weighted by Crippen LogP contribution is 2.36. The molecule has 6 rings (SSSR count). The highest BCUT2D eigenvalue weighted by atomic mass is 19.1. The van der Waals surface area contributed by atoms with Gasteiger partial charge < -0.3 is 19.7 Å². The van der Waals surface area contributed by atoms with Gasteiger partial charge in [0.2, 0.25) is 0 Å². The lowest BCUT2D eigenvalue weighted by atomic mass is 9.96. The van der Waals surface area contributed by atoms with Crippen LogP contribution in [0.4, 0.5) is 10.1 Å². The molecule has 7 nitrogen and oxygen atoms in total. The van der Waals surface area contributed by atoms with Crippen LogP contribution >= 0.6 is 0 Å². The maximum Gasteiger partial charge on any atom is 0.253 e. The molecule has 2 aromatic carbocycles. The first-order valence-corrected chi connectivity index (χ1v) is 15.0. The lowest BCUT2D eigenvalue weighted by Crippen LogP contribution is -2.53. The van der Waals surface area contributed by atoms with Gasteiger partial charge in [-0.2, -0.15) is 0 Å². The molecule has 2 fully saturated rings. The van der Waals surface area contributed by atoms with Gasteiger partial charge in [0.15, 0.2) is 0 Å². The minimum absolute atomic E-state index is 0.225. The van der Waals surface area contributed by atoms with Crippen molar-refractivity contribution in [3.05, 3.63) is 71.3 Å². The van der Waals surface area contributed by atoms with E-state index in [4.69, 9.17) is 0 Å². The maximum atomic E-state index is 15.2. The zero-order chi connectivity index (χ0) is 29.5. The van der Waals surface area contributed by atoms with E-state index in [1.807, 2.05) is 6.20 Å². The van der Waals surface area contributed by atoms with Crippen molar-refractivity contribution in [2.45, 2.75) is 32.7 Å². The predicted molar refractivity (Wildman–Crippen MR) is 169 cm³/mol. The number of rotatable bonds is 5. The Kier molecular flexibility index (Phi) is 7.77. The number of piperidine rings is 1. The van der Waals surface area contributed by atoms with Gasteiger partial charge in [-0.3, -0.25) is 9.69 Å². The average molecular weight is 569 g/mol. The molecule has 4 aromatic rings. The van der Waals surface area contributed by atoms with E-state index >= 15 is 4.39 Å². The number of amides is 1. The Morgan fingerprint density at radius 3 is 2.26 bits per heavy atom. The zero-order valence-corrected chi connectivity index (χ0v) is 25.4. The molecule has 8 heteroatoms. The molecule has 2 aliphatic heterocycles. The van der Waals surface area contributed by atoms with Crippen LogP contribution in [0.5, 0.6) is 0 Å². The van der Waals surface area contributed by atoms with Crippen molar-refractivity contribution in [2.75, 3.05) is 65.3 Å². The van der Waals surface area contributed by atoms with Gasteiger partial charge in [-0.05, 0) is 93.8 Å². The Morgan fingerprint density at radius 2 is 1.62 bits per heavy atom. The molecule has 42 heavy (non-hydrogen) atoms. The number of halogens is 1. The summed E-state index contributed by atoms with van der Waals surface area (Å²) in [7, 11) is 5.55. The van der Waals surface area contributed by atoms with Crippen LogP contribution in [0.3, 0.4) is 0 Å². The molecule has 0 spiro atoms. The minimum atomic E-state index is -0.430. The summed E-state index contributed by atoms with van der Waals surface area (Å²) in [4.78, 5) is 29.3. The molecule has 220 valence electrons. The average Bonchev–Trinajstić information content (AvgIpc) is 3.40. The summed E-state index contributed by atoms with van der Waals surface area (Å²) in [6.45, 7) is 11.2. The standard InChI is InChI=1S/C34H41FN6O/c1-22-16-25(17-23(2)32(22)41-14-12-40(13-15-41)27-8-10-39(5)11-9-27)26-18-29-30(21-37-33(29)36-20-26)28-7-6-24(19-31(28)35)34(42)38(3)4/h6-7,16-21,27H,8-15H2,1-5H3,(H,36,37). The minimum Gasteiger partial charge on any atom is -0.369 e. The van der Waals surface area contributed by atoms with Crippen LogP contribution in [-0.4, -0.2) is 97.0 Å². The fraction of sp³-hybridized carbons (Fsp3) is 0.412. The summed E-state index contributed by atoms with van der Waals surface area (Å²) in [5, 5.41) is 0.850. The number of carbonyl (C=O) groups is 1. The van der Waals surface area contributed by atoms with E-state index in [1.165, 1.54) is 53.7 Å². The summed E-state index contributed by atoms with van der Waals surface area (Å²) < 4.78 is 15.2. The molecule has 0 atom stereocenters. The van der Waals surface area contributed by atoms with Crippen LogP contribution < -0.4 is 4.90 Å². The zero-order valence-electron chi connectivity index (χ0n) is 25.4. The molecule has 0 radical (unpaired) electrons. The Bertz CT molecular complexity index is 1590. The van der Waals surface area contributed by atoms with Gasteiger partial charge in [-0.1, -0.05) is 6.07 Å². The number of likely N-dealkylation sites (tertiary alicyclic amines) is 1. The molecule has 0 bridgehead atoms.